The number of hydrogen-bond acceptors (Lipinski definition) is 6. The van der Waals surface area contributed by atoms with Gasteiger partial charge in [-0.3, -0.25) is 4.98 Å². The van der Waals surface area contributed by atoms with Crippen molar-refractivity contribution in [3.63, 3.8) is 0 Å². The van der Waals surface area contributed by atoms with Gasteiger partial charge in [-0.15, -0.1) is 0 Å². The number of hydrogen-bond donors (Lipinski definition) is 0. The van der Waals surface area contributed by atoms with E-state index < -0.39 is 5.97 Å². The zero-order valence-electron chi connectivity index (χ0n) is 18.0. The van der Waals surface area contributed by atoms with Crippen LogP contribution in [0.1, 0.15) is 89.4 Å². The van der Waals surface area contributed by atoms with Crippen LogP contribution in [0.5, 0.6) is 0 Å². The van der Waals surface area contributed by atoms with Crippen molar-refractivity contribution in [1.29, 1.82) is 0 Å². The molecule has 2 aromatic heterocycles. The molecule has 6 nitrogen and oxygen atoms in total. The third kappa shape index (κ3) is 4.78. The van der Waals surface area contributed by atoms with Crippen molar-refractivity contribution in [2.45, 2.75) is 78.6 Å². The van der Waals surface area contributed by atoms with Crippen molar-refractivity contribution in [3.8, 4) is 11.5 Å². The van der Waals surface area contributed by atoms with E-state index in [2.05, 4.69) is 40.6 Å². The van der Waals surface area contributed by atoms with Crippen molar-refractivity contribution in [3.05, 3.63) is 29.8 Å². The van der Waals surface area contributed by atoms with Crippen LogP contribution in [0.4, 0.5) is 0 Å². The highest BCUT2D eigenvalue weighted by Crippen LogP contribution is 2.48. The quantitative estimate of drug-likeness (QED) is 0.623. The van der Waals surface area contributed by atoms with Gasteiger partial charge in [0, 0.05) is 11.6 Å². The maximum absolute atomic E-state index is 11.5. The lowest BCUT2D eigenvalue weighted by Gasteiger charge is -2.41. The normalized spacial score (nSPS) is 24.2. The Morgan fingerprint density at radius 1 is 1.18 bits per heavy atom. The van der Waals surface area contributed by atoms with Crippen LogP contribution in [-0.4, -0.2) is 28.2 Å². The summed E-state index contributed by atoms with van der Waals surface area (Å²) in [6, 6.07) is 3.37. The predicted molar refractivity (Wildman–Crippen MR) is 109 cm³/mol. The van der Waals surface area contributed by atoms with Crippen molar-refractivity contribution < 1.29 is 14.1 Å². The van der Waals surface area contributed by atoms with E-state index in [0.717, 1.165) is 12.8 Å². The molecule has 0 unspecified atom stereocenters. The molecule has 1 saturated carbocycles. The smallest absolute Gasteiger partial charge is 0.339 e. The second-order valence-corrected chi connectivity index (χ2v) is 7.97. The lowest BCUT2D eigenvalue weighted by Crippen LogP contribution is -2.34. The van der Waals surface area contributed by atoms with Crippen LogP contribution in [0, 0.1) is 5.41 Å². The van der Waals surface area contributed by atoms with Crippen LogP contribution in [-0.2, 0) is 10.2 Å². The van der Waals surface area contributed by atoms with Gasteiger partial charge in [-0.25, -0.2) is 4.79 Å². The standard InChI is InChI=1S/C20H27N3O3.C2H6/c1-5-8-19(2)9-11-20(3,12-10-19)18-22-16(23-26-18)15-7-6-14(13-21-15)17(24)25-4;1-2/h6-7,13H,5,8-12H2,1-4H3;1-2H3. The number of carbonyl (C=O) groups is 1. The molecule has 0 aliphatic heterocycles. The first-order valence-corrected chi connectivity index (χ1v) is 10.3. The highest BCUT2D eigenvalue weighted by atomic mass is 16.5. The van der Waals surface area contributed by atoms with Gasteiger partial charge in [0.15, 0.2) is 0 Å². The summed E-state index contributed by atoms with van der Waals surface area (Å²) in [6.07, 6.45) is 8.44. The Labute approximate surface area is 168 Å². The van der Waals surface area contributed by atoms with Gasteiger partial charge in [0.05, 0.1) is 12.7 Å². The molecule has 2 heterocycles. The minimum absolute atomic E-state index is 0.0789. The summed E-state index contributed by atoms with van der Waals surface area (Å²) in [5.74, 6) is 0.729. The Balaban J connectivity index is 0.00000136. The fraction of sp³-hybridized carbons (Fsp3) is 0.636. The van der Waals surface area contributed by atoms with Crippen molar-refractivity contribution in [2.75, 3.05) is 7.11 Å². The summed E-state index contributed by atoms with van der Waals surface area (Å²) < 4.78 is 10.3. The van der Waals surface area contributed by atoms with Crippen LogP contribution in [0.3, 0.4) is 0 Å². The number of esters is 1. The van der Waals surface area contributed by atoms with E-state index in [9.17, 15) is 4.79 Å². The number of rotatable bonds is 5. The molecular formula is C22H33N3O3. The largest absolute Gasteiger partial charge is 0.465 e. The number of aromatic nitrogens is 3. The maximum atomic E-state index is 11.5. The van der Waals surface area contributed by atoms with E-state index in [4.69, 9.17) is 4.52 Å². The minimum atomic E-state index is -0.414. The average Bonchev–Trinajstić information content (AvgIpc) is 3.23. The summed E-state index contributed by atoms with van der Waals surface area (Å²) in [5, 5.41) is 4.11. The molecule has 0 N–H and O–H groups in total. The molecule has 0 amide bonds. The van der Waals surface area contributed by atoms with Crippen LogP contribution >= 0.6 is 0 Å². The number of ether oxygens (including phenoxy) is 1. The number of nitrogens with zero attached hydrogens (tertiary/aromatic N) is 3. The molecule has 1 fully saturated rings. The molecule has 0 spiro atoms. The summed E-state index contributed by atoms with van der Waals surface area (Å²) >= 11 is 0. The average molecular weight is 388 g/mol. The van der Waals surface area contributed by atoms with Gasteiger partial charge in [-0.05, 0) is 49.7 Å². The zero-order valence-corrected chi connectivity index (χ0v) is 18.0. The minimum Gasteiger partial charge on any atom is -0.465 e. The third-order valence-electron chi connectivity index (χ3n) is 5.77. The van der Waals surface area contributed by atoms with Gasteiger partial charge in [0.25, 0.3) is 0 Å². The van der Waals surface area contributed by atoms with Gasteiger partial charge in [0.2, 0.25) is 11.7 Å². The predicted octanol–water partition coefficient (Wildman–Crippen LogP) is 5.58. The van der Waals surface area contributed by atoms with E-state index in [0.29, 0.717) is 28.4 Å². The maximum Gasteiger partial charge on any atom is 0.339 e. The summed E-state index contributed by atoms with van der Waals surface area (Å²) in [6.45, 7) is 10.9. The Morgan fingerprint density at radius 3 is 2.39 bits per heavy atom. The highest BCUT2D eigenvalue weighted by Gasteiger charge is 2.41. The van der Waals surface area contributed by atoms with Crippen molar-refractivity contribution in [2.24, 2.45) is 5.41 Å². The fourth-order valence-electron chi connectivity index (χ4n) is 3.81. The zero-order chi connectivity index (χ0) is 20.8. The molecule has 0 saturated heterocycles. The first-order valence-electron chi connectivity index (χ1n) is 10.3. The van der Waals surface area contributed by atoms with Crippen molar-refractivity contribution >= 4 is 5.97 Å². The molecule has 0 aromatic carbocycles. The molecular weight excluding hydrogens is 354 g/mol. The van der Waals surface area contributed by atoms with Crippen LogP contribution in [0.2, 0.25) is 0 Å². The molecule has 0 bridgehead atoms. The monoisotopic (exact) mass is 387 g/mol. The topological polar surface area (TPSA) is 78.1 Å². The first-order chi connectivity index (χ1) is 13.4. The van der Waals surface area contributed by atoms with Gasteiger partial charge >= 0.3 is 5.97 Å². The number of methoxy groups -OCH3 is 1. The molecule has 154 valence electrons. The van der Waals surface area contributed by atoms with E-state index >= 15 is 0 Å². The van der Waals surface area contributed by atoms with Crippen LogP contribution in [0.25, 0.3) is 11.5 Å². The summed E-state index contributed by atoms with van der Waals surface area (Å²) in [4.78, 5) is 20.4. The molecule has 2 aromatic rings. The van der Waals surface area contributed by atoms with E-state index in [1.807, 2.05) is 13.8 Å². The molecule has 1 aliphatic rings. The third-order valence-corrected chi connectivity index (χ3v) is 5.77. The molecule has 6 heteroatoms. The molecule has 1 aliphatic carbocycles. The van der Waals surface area contributed by atoms with Gasteiger partial charge < -0.3 is 9.26 Å². The van der Waals surface area contributed by atoms with Gasteiger partial charge in [-0.1, -0.05) is 46.2 Å². The van der Waals surface area contributed by atoms with Crippen molar-refractivity contribution in [1.82, 2.24) is 15.1 Å². The summed E-state index contributed by atoms with van der Waals surface area (Å²) in [5.41, 5.74) is 1.34. The van der Waals surface area contributed by atoms with E-state index in [1.54, 1.807) is 12.1 Å². The Morgan fingerprint density at radius 2 is 1.86 bits per heavy atom. The molecule has 0 atom stereocenters. The highest BCUT2D eigenvalue weighted by molar-refractivity contribution is 5.89. The number of carbonyl (C=O) groups excluding carboxylic acids is 1. The Bertz CT molecular complexity index is 760. The molecule has 28 heavy (non-hydrogen) atoms. The lowest BCUT2D eigenvalue weighted by atomic mass is 9.63. The van der Waals surface area contributed by atoms with Gasteiger partial charge in [-0.2, -0.15) is 4.98 Å². The van der Waals surface area contributed by atoms with E-state index in [-0.39, 0.29) is 5.41 Å². The first kappa shape index (κ1) is 22.1. The fourth-order valence-corrected chi connectivity index (χ4v) is 3.81. The van der Waals surface area contributed by atoms with E-state index in [1.165, 1.54) is 39.0 Å². The second-order valence-electron chi connectivity index (χ2n) is 7.97. The lowest BCUT2D eigenvalue weighted by molar-refractivity contribution is 0.0600. The molecule has 3 rings (SSSR count). The number of pyridine rings is 1. The van der Waals surface area contributed by atoms with Gasteiger partial charge in [0.1, 0.15) is 5.69 Å². The SMILES string of the molecule is CC.CCCC1(C)CCC(C)(c2nc(-c3ccc(C(=O)OC)cn3)no2)CC1. The van der Waals surface area contributed by atoms with Crippen LogP contribution < -0.4 is 0 Å². The Hall–Kier alpha value is -2.24. The Kier molecular flexibility index (Phi) is 7.33. The second kappa shape index (κ2) is 9.30. The molecule has 0 radical (unpaired) electrons. The summed E-state index contributed by atoms with van der Waals surface area (Å²) in [7, 11) is 1.35. The van der Waals surface area contributed by atoms with Crippen LogP contribution in [0.15, 0.2) is 22.9 Å².